The van der Waals surface area contributed by atoms with Crippen LogP contribution in [0.2, 0.25) is 0 Å². The third-order valence-electron chi connectivity index (χ3n) is 4.35. The minimum Gasteiger partial charge on any atom is -0.491 e. The summed E-state index contributed by atoms with van der Waals surface area (Å²) in [7, 11) is 0. The first-order valence-electron chi connectivity index (χ1n) is 7.56. The first-order valence-corrected chi connectivity index (χ1v) is 7.56. The van der Waals surface area contributed by atoms with Gasteiger partial charge in [-0.25, -0.2) is 4.79 Å². The van der Waals surface area contributed by atoms with Crippen LogP contribution >= 0.6 is 0 Å². The van der Waals surface area contributed by atoms with Gasteiger partial charge in [0.05, 0.1) is 12.7 Å². The SMILES string of the molecule is O=C(O)c1ccccc1OCCN1CCO[C@H]2CCC[C@H]21. The molecule has 1 aliphatic carbocycles. The number of carboxylic acids is 1. The quantitative estimate of drug-likeness (QED) is 0.899. The van der Waals surface area contributed by atoms with Gasteiger partial charge in [-0.1, -0.05) is 12.1 Å². The van der Waals surface area contributed by atoms with Gasteiger partial charge in [-0.2, -0.15) is 0 Å². The topological polar surface area (TPSA) is 59.0 Å². The van der Waals surface area contributed by atoms with Crippen molar-refractivity contribution in [3.8, 4) is 5.75 Å². The molecule has 0 unspecified atom stereocenters. The Hall–Kier alpha value is -1.59. The smallest absolute Gasteiger partial charge is 0.339 e. The number of fused-ring (bicyclic) bond motifs is 1. The summed E-state index contributed by atoms with van der Waals surface area (Å²) in [6.45, 7) is 3.05. The van der Waals surface area contributed by atoms with E-state index < -0.39 is 5.97 Å². The van der Waals surface area contributed by atoms with Crippen LogP contribution in [0.3, 0.4) is 0 Å². The van der Waals surface area contributed by atoms with Gasteiger partial charge >= 0.3 is 5.97 Å². The van der Waals surface area contributed by atoms with Gasteiger partial charge in [-0.15, -0.1) is 0 Å². The summed E-state index contributed by atoms with van der Waals surface area (Å²) in [4.78, 5) is 13.6. The van der Waals surface area contributed by atoms with Crippen LogP contribution in [0, 0.1) is 0 Å². The van der Waals surface area contributed by atoms with Crippen LogP contribution in [-0.4, -0.2) is 54.4 Å². The van der Waals surface area contributed by atoms with E-state index in [-0.39, 0.29) is 5.56 Å². The molecule has 0 spiro atoms. The summed E-state index contributed by atoms with van der Waals surface area (Å²) in [5, 5.41) is 9.13. The molecule has 0 bridgehead atoms. The fourth-order valence-corrected chi connectivity index (χ4v) is 3.33. The predicted octanol–water partition coefficient (Wildman–Crippen LogP) is 2.02. The van der Waals surface area contributed by atoms with Crippen molar-refractivity contribution < 1.29 is 19.4 Å². The second-order valence-electron chi connectivity index (χ2n) is 5.59. The lowest BCUT2D eigenvalue weighted by molar-refractivity contribution is -0.0583. The Kier molecular flexibility index (Phi) is 4.41. The summed E-state index contributed by atoms with van der Waals surface area (Å²) in [6, 6.07) is 7.29. The molecule has 0 radical (unpaired) electrons. The third-order valence-corrected chi connectivity index (χ3v) is 4.35. The van der Waals surface area contributed by atoms with Crippen LogP contribution in [0.1, 0.15) is 29.6 Å². The molecule has 1 aromatic rings. The maximum Gasteiger partial charge on any atom is 0.339 e. The van der Waals surface area contributed by atoms with Gasteiger partial charge in [0.15, 0.2) is 0 Å². The highest BCUT2D eigenvalue weighted by Crippen LogP contribution is 2.29. The molecule has 21 heavy (non-hydrogen) atoms. The molecule has 2 atom stereocenters. The number of para-hydroxylation sites is 1. The van der Waals surface area contributed by atoms with E-state index in [1.54, 1.807) is 24.3 Å². The van der Waals surface area contributed by atoms with Crippen LogP contribution in [0.5, 0.6) is 5.75 Å². The van der Waals surface area contributed by atoms with Crippen LogP contribution in [0.15, 0.2) is 24.3 Å². The van der Waals surface area contributed by atoms with Crippen molar-refractivity contribution in [2.75, 3.05) is 26.3 Å². The fourth-order valence-electron chi connectivity index (χ4n) is 3.33. The number of nitrogens with zero attached hydrogens (tertiary/aromatic N) is 1. The largest absolute Gasteiger partial charge is 0.491 e. The minimum atomic E-state index is -0.951. The van der Waals surface area contributed by atoms with Gasteiger partial charge in [-0.3, -0.25) is 4.90 Å². The van der Waals surface area contributed by atoms with Gasteiger partial charge in [0.2, 0.25) is 0 Å². The molecule has 2 aliphatic rings. The Labute approximate surface area is 124 Å². The molecule has 2 fully saturated rings. The van der Waals surface area contributed by atoms with E-state index in [4.69, 9.17) is 14.6 Å². The molecule has 1 saturated carbocycles. The summed E-state index contributed by atoms with van der Waals surface area (Å²) in [5.74, 6) is -0.505. The van der Waals surface area contributed by atoms with Crippen molar-refractivity contribution in [1.29, 1.82) is 0 Å². The van der Waals surface area contributed by atoms with E-state index in [1.165, 1.54) is 12.8 Å². The van der Waals surface area contributed by atoms with E-state index in [2.05, 4.69) is 4.90 Å². The Morgan fingerprint density at radius 3 is 3.10 bits per heavy atom. The minimum absolute atomic E-state index is 0.221. The Morgan fingerprint density at radius 2 is 2.24 bits per heavy atom. The lowest BCUT2D eigenvalue weighted by Gasteiger charge is -2.37. The van der Waals surface area contributed by atoms with Gasteiger partial charge in [0.1, 0.15) is 17.9 Å². The maximum atomic E-state index is 11.1. The highest BCUT2D eigenvalue weighted by Gasteiger charge is 2.35. The summed E-state index contributed by atoms with van der Waals surface area (Å²) in [5.41, 5.74) is 0.221. The molecule has 1 aromatic carbocycles. The zero-order valence-corrected chi connectivity index (χ0v) is 12.0. The van der Waals surface area contributed by atoms with Crippen molar-refractivity contribution in [2.24, 2.45) is 0 Å². The molecule has 0 amide bonds. The van der Waals surface area contributed by atoms with Crippen LogP contribution < -0.4 is 4.74 Å². The number of carbonyl (C=O) groups is 1. The molecule has 3 rings (SSSR count). The number of rotatable bonds is 5. The number of hydrogen-bond acceptors (Lipinski definition) is 4. The number of aromatic carboxylic acids is 1. The predicted molar refractivity (Wildman–Crippen MR) is 77.8 cm³/mol. The zero-order chi connectivity index (χ0) is 14.7. The number of carboxylic acid groups (broad SMARTS) is 1. The van der Waals surface area contributed by atoms with E-state index >= 15 is 0 Å². The average molecular weight is 291 g/mol. The van der Waals surface area contributed by atoms with Crippen molar-refractivity contribution in [2.45, 2.75) is 31.4 Å². The normalized spacial score (nSPS) is 25.5. The Balaban J connectivity index is 1.55. The standard InChI is InChI=1S/C16H21NO4/c18-16(19)12-4-1-2-6-14(12)20-10-8-17-9-11-21-15-7-3-5-13(15)17/h1-2,4,6,13,15H,3,5,7-11H2,(H,18,19)/t13-,15+/m1/s1. The molecule has 1 saturated heterocycles. The van der Waals surface area contributed by atoms with Gasteiger partial charge in [0, 0.05) is 19.1 Å². The van der Waals surface area contributed by atoms with Crippen LogP contribution in [0.4, 0.5) is 0 Å². The van der Waals surface area contributed by atoms with Crippen LogP contribution in [0.25, 0.3) is 0 Å². The second-order valence-corrected chi connectivity index (χ2v) is 5.59. The molecular formula is C16H21NO4. The zero-order valence-electron chi connectivity index (χ0n) is 12.0. The molecule has 1 heterocycles. The van der Waals surface area contributed by atoms with E-state index in [0.717, 1.165) is 26.1 Å². The van der Waals surface area contributed by atoms with Crippen molar-refractivity contribution in [3.05, 3.63) is 29.8 Å². The highest BCUT2D eigenvalue weighted by molar-refractivity contribution is 5.90. The molecule has 1 N–H and O–H groups in total. The molecular weight excluding hydrogens is 270 g/mol. The number of benzene rings is 1. The molecule has 114 valence electrons. The fraction of sp³-hybridized carbons (Fsp3) is 0.562. The average Bonchev–Trinajstić information content (AvgIpc) is 2.97. The van der Waals surface area contributed by atoms with Crippen LogP contribution in [-0.2, 0) is 4.74 Å². The maximum absolute atomic E-state index is 11.1. The van der Waals surface area contributed by atoms with E-state index in [0.29, 0.717) is 24.5 Å². The second kappa shape index (κ2) is 6.45. The Morgan fingerprint density at radius 1 is 1.38 bits per heavy atom. The van der Waals surface area contributed by atoms with Gasteiger partial charge in [0.25, 0.3) is 0 Å². The van der Waals surface area contributed by atoms with Crippen molar-refractivity contribution in [3.63, 3.8) is 0 Å². The van der Waals surface area contributed by atoms with Crippen molar-refractivity contribution in [1.82, 2.24) is 4.90 Å². The summed E-state index contributed by atoms with van der Waals surface area (Å²) < 4.78 is 11.5. The monoisotopic (exact) mass is 291 g/mol. The first kappa shape index (κ1) is 14.4. The summed E-state index contributed by atoms with van der Waals surface area (Å²) in [6.07, 6.45) is 3.96. The van der Waals surface area contributed by atoms with Gasteiger partial charge in [-0.05, 0) is 31.4 Å². The number of hydrogen-bond donors (Lipinski definition) is 1. The molecule has 1 aliphatic heterocycles. The number of ether oxygens (including phenoxy) is 2. The molecule has 5 nitrogen and oxygen atoms in total. The Bertz CT molecular complexity index is 505. The molecule has 0 aromatic heterocycles. The van der Waals surface area contributed by atoms with E-state index in [9.17, 15) is 4.79 Å². The van der Waals surface area contributed by atoms with Gasteiger partial charge < -0.3 is 14.6 Å². The summed E-state index contributed by atoms with van der Waals surface area (Å²) >= 11 is 0. The lowest BCUT2D eigenvalue weighted by atomic mass is 10.1. The van der Waals surface area contributed by atoms with Crippen molar-refractivity contribution >= 4 is 5.97 Å². The highest BCUT2D eigenvalue weighted by atomic mass is 16.5. The first-order chi connectivity index (χ1) is 10.3. The van der Waals surface area contributed by atoms with E-state index in [1.807, 2.05) is 0 Å². The number of morpholine rings is 1. The molecule has 5 heteroatoms. The lowest BCUT2D eigenvalue weighted by Crippen LogP contribution is -2.49. The third kappa shape index (κ3) is 3.19.